The molecule has 0 unspecified atom stereocenters. The van der Waals surface area contributed by atoms with Crippen molar-refractivity contribution in [1.82, 2.24) is 4.98 Å². The maximum absolute atomic E-state index is 12.6. The largest absolute Gasteiger partial charge is 0.480 e. The van der Waals surface area contributed by atoms with Crippen LogP contribution in [0.1, 0.15) is 0 Å². The maximum atomic E-state index is 12.6. The topological polar surface area (TPSA) is 82.3 Å². The Hall–Kier alpha value is -1.21. The van der Waals surface area contributed by atoms with Crippen LogP contribution in [0.5, 0.6) is 5.88 Å². The van der Waals surface area contributed by atoms with E-state index in [1.54, 1.807) is 0 Å². The van der Waals surface area contributed by atoms with Crippen LogP contribution in [0.15, 0.2) is 17.2 Å². The molecule has 0 amide bonds. The van der Waals surface area contributed by atoms with Gasteiger partial charge in [0.25, 0.3) is 0 Å². The Labute approximate surface area is 74.4 Å². The number of aromatic nitrogens is 1. The summed E-state index contributed by atoms with van der Waals surface area (Å²) in [5.41, 5.74) is 0. The highest BCUT2D eigenvalue weighted by Gasteiger charge is 2.16. The number of methoxy groups -OCH3 is 1. The second kappa shape index (κ2) is 3.27. The standard InChI is InChI=1S/C6H7FN2O3S/c1-12-6-5(13(8,10)11)2-4(7)3-9-6/h2-3H,1H3,(H2,8,10,11). The molecule has 0 fully saturated rings. The number of halogens is 1. The van der Waals surface area contributed by atoms with Gasteiger partial charge in [-0.25, -0.2) is 22.9 Å². The molecule has 7 heteroatoms. The zero-order valence-electron chi connectivity index (χ0n) is 6.69. The highest BCUT2D eigenvalue weighted by Crippen LogP contribution is 2.19. The first-order chi connectivity index (χ1) is 5.95. The van der Waals surface area contributed by atoms with Crippen LogP contribution in [0.4, 0.5) is 4.39 Å². The van der Waals surface area contributed by atoms with Crippen molar-refractivity contribution in [2.75, 3.05) is 7.11 Å². The molecule has 0 aromatic carbocycles. The molecular formula is C6H7FN2O3S. The fourth-order valence-electron chi connectivity index (χ4n) is 0.765. The summed E-state index contributed by atoms with van der Waals surface area (Å²) in [6.45, 7) is 0. The number of ether oxygens (including phenoxy) is 1. The Bertz CT molecular complexity index is 418. The predicted molar refractivity (Wildman–Crippen MR) is 42.1 cm³/mol. The van der Waals surface area contributed by atoms with Gasteiger partial charge in [-0.05, 0) is 0 Å². The summed E-state index contributed by atoms with van der Waals surface area (Å²) in [7, 11) is -2.78. The lowest BCUT2D eigenvalue weighted by Gasteiger charge is -2.03. The van der Waals surface area contributed by atoms with Gasteiger partial charge in [-0.1, -0.05) is 0 Å². The average molecular weight is 206 g/mol. The summed E-state index contributed by atoms with van der Waals surface area (Å²) in [6.07, 6.45) is 0.841. The number of nitrogens with zero attached hydrogens (tertiary/aromatic N) is 1. The molecule has 0 aliphatic carbocycles. The van der Waals surface area contributed by atoms with E-state index in [1.807, 2.05) is 0 Å². The van der Waals surface area contributed by atoms with E-state index in [0.717, 1.165) is 12.3 Å². The summed E-state index contributed by atoms with van der Waals surface area (Å²) in [4.78, 5) is 2.94. The van der Waals surface area contributed by atoms with Gasteiger partial charge in [0.1, 0.15) is 10.7 Å². The number of primary sulfonamides is 1. The van der Waals surface area contributed by atoms with Crippen LogP contribution in [0.2, 0.25) is 0 Å². The predicted octanol–water partition coefficient (Wildman–Crippen LogP) is -0.123. The molecule has 0 aliphatic heterocycles. The molecule has 1 rings (SSSR count). The number of nitrogens with two attached hydrogens (primary N) is 1. The van der Waals surface area contributed by atoms with Gasteiger partial charge < -0.3 is 4.74 Å². The van der Waals surface area contributed by atoms with E-state index < -0.39 is 20.7 Å². The van der Waals surface area contributed by atoms with Crippen molar-refractivity contribution in [3.8, 4) is 5.88 Å². The Balaban J connectivity index is 3.41. The van der Waals surface area contributed by atoms with E-state index in [-0.39, 0.29) is 5.88 Å². The fraction of sp³-hybridized carbons (Fsp3) is 0.167. The van der Waals surface area contributed by atoms with E-state index in [1.165, 1.54) is 7.11 Å². The number of rotatable bonds is 2. The van der Waals surface area contributed by atoms with Crippen molar-refractivity contribution in [2.45, 2.75) is 4.90 Å². The van der Waals surface area contributed by atoms with Crippen molar-refractivity contribution in [1.29, 1.82) is 0 Å². The van der Waals surface area contributed by atoms with Gasteiger partial charge in [0.05, 0.1) is 13.3 Å². The van der Waals surface area contributed by atoms with Gasteiger partial charge in [-0.15, -0.1) is 0 Å². The van der Waals surface area contributed by atoms with Crippen molar-refractivity contribution < 1.29 is 17.5 Å². The van der Waals surface area contributed by atoms with Gasteiger partial charge >= 0.3 is 0 Å². The molecule has 5 nitrogen and oxygen atoms in total. The molecule has 2 N–H and O–H groups in total. The lowest BCUT2D eigenvalue weighted by Crippen LogP contribution is -2.14. The molecule has 0 saturated heterocycles. The SMILES string of the molecule is COc1ncc(F)cc1S(N)(=O)=O. The van der Waals surface area contributed by atoms with Crippen molar-refractivity contribution in [2.24, 2.45) is 5.14 Å². The first-order valence-corrected chi connectivity index (χ1v) is 4.72. The van der Waals surface area contributed by atoms with Crippen LogP contribution >= 0.6 is 0 Å². The van der Waals surface area contributed by atoms with Crippen molar-refractivity contribution in [3.05, 3.63) is 18.1 Å². The van der Waals surface area contributed by atoms with Crippen molar-refractivity contribution in [3.63, 3.8) is 0 Å². The van der Waals surface area contributed by atoms with Crippen LogP contribution in [-0.4, -0.2) is 20.5 Å². The third-order valence-electron chi connectivity index (χ3n) is 1.28. The maximum Gasteiger partial charge on any atom is 0.243 e. The molecule has 1 aromatic rings. The summed E-state index contributed by atoms with van der Waals surface area (Å²) in [6, 6.07) is 0.751. The van der Waals surface area contributed by atoms with E-state index in [4.69, 9.17) is 5.14 Å². The highest BCUT2D eigenvalue weighted by molar-refractivity contribution is 7.89. The third kappa shape index (κ3) is 2.13. The third-order valence-corrected chi connectivity index (χ3v) is 2.19. The summed E-state index contributed by atoms with van der Waals surface area (Å²) >= 11 is 0. The lowest BCUT2D eigenvalue weighted by atomic mass is 10.5. The lowest BCUT2D eigenvalue weighted by molar-refractivity contribution is 0.382. The quantitative estimate of drug-likeness (QED) is 0.731. The smallest absolute Gasteiger partial charge is 0.243 e. The van der Waals surface area contributed by atoms with E-state index in [9.17, 15) is 12.8 Å². The number of hydrogen-bond donors (Lipinski definition) is 1. The number of hydrogen-bond acceptors (Lipinski definition) is 4. The van der Waals surface area contributed by atoms with Gasteiger partial charge in [0.2, 0.25) is 15.9 Å². The molecule has 13 heavy (non-hydrogen) atoms. The molecule has 0 bridgehead atoms. The Morgan fingerprint density at radius 3 is 2.69 bits per heavy atom. The molecule has 0 saturated carbocycles. The first kappa shape index (κ1) is 9.87. The van der Waals surface area contributed by atoms with Crippen LogP contribution in [0.25, 0.3) is 0 Å². The summed E-state index contributed by atoms with van der Waals surface area (Å²) in [5, 5.41) is 4.79. The minimum Gasteiger partial charge on any atom is -0.480 e. The van der Waals surface area contributed by atoms with Crippen LogP contribution in [0.3, 0.4) is 0 Å². The molecule has 1 aromatic heterocycles. The summed E-state index contributed by atoms with van der Waals surface area (Å²) < 4.78 is 38.9. The first-order valence-electron chi connectivity index (χ1n) is 3.17. The van der Waals surface area contributed by atoms with Gasteiger partial charge in [0, 0.05) is 6.07 Å². The Kier molecular flexibility index (Phi) is 2.48. The molecule has 0 spiro atoms. The molecule has 72 valence electrons. The monoisotopic (exact) mass is 206 g/mol. The van der Waals surface area contributed by atoms with E-state index in [0.29, 0.717) is 0 Å². The van der Waals surface area contributed by atoms with Crippen LogP contribution in [0, 0.1) is 5.82 Å². The van der Waals surface area contributed by atoms with Crippen molar-refractivity contribution >= 4 is 10.0 Å². The Morgan fingerprint density at radius 1 is 1.62 bits per heavy atom. The van der Waals surface area contributed by atoms with Gasteiger partial charge in [-0.3, -0.25) is 0 Å². The molecule has 0 aliphatic rings. The van der Waals surface area contributed by atoms with E-state index in [2.05, 4.69) is 9.72 Å². The normalized spacial score (nSPS) is 11.3. The molecule has 1 heterocycles. The fourth-order valence-corrected chi connectivity index (χ4v) is 1.42. The van der Waals surface area contributed by atoms with Gasteiger partial charge in [0.15, 0.2) is 0 Å². The molecular weight excluding hydrogens is 199 g/mol. The summed E-state index contributed by atoms with van der Waals surface area (Å²) in [5.74, 6) is -1.01. The zero-order valence-corrected chi connectivity index (χ0v) is 7.51. The average Bonchev–Trinajstić information content (AvgIpc) is 2.03. The molecule has 0 radical (unpaired) electrons. The minimum atomic E-state index is -4.00. The van der Waals surface area contributed by atoms with Crippen LogP contribution < -0.4 is 9.88 Å². The molecule has 0 atom stereocenters. The van der Waals surface area contributed by atoms with Crippen LogP contribution in [-0.2, 0) is 10.0 Å². The second-order valence-corrected chi connectivity index (χ2v) is 3.74. The Morgan fingerprint density at radius 2 is 2.23 bits per heavy atom. The van der Waals surface area contributed by atoms with E-state index >= 15 is 0 Å². The number of pyridine rings is 1. The second-order valence-electron chi connectivity index (χ2n) is 2.21. The highest BCUT2D eigenvalue weighted by atomic mass is 32.2. The number of sulfonamides is 1. The minimum absolute atomic E-state index is 0.219. The van der Waals surface area contributed by atoms with Gasteiger partial charge in [-0.2, -0.15) is 0 Å². The zero-order chi connectivity index (χ0) is 10.1.